The number of aliphatic hydroxyl groups excluding tert-OH is 1. The van der Waals surface area contributed by atoms with Crippen molar-refractivity contribution in [2.45, 2.75) is 52.4 Å². The van der Waals surface area contributed by atoms with Crippen LogP contribution in [0.15, 0.2) is 57.6 Å². The molecular formula is C28H38ClN3O9. The quantitative estimate of drug-likeness (QED) is 0.158. The lowest BCUT2D eigenvalue weighted by molar-refractivity contribution is -0.137. The highest BCUT2D eigenvalue weighted by Gasteiger charge is 2.33. The van der Waals surface area contributed by atoms with Crippen LogP contribution >= 0.6 is 11.6 Å². The third kappa shape index (κ3) is 10.8. The smallest absolute Gasteiger partial charge is 0.442 e. The number of nitrogens with zero attached hydrogens (tertiary/aromatic N) is 3. The largest absolute Gasteiger partial charge is 0.498 e. The molecule has 1 aromatic heterocycles. The standard InChI is InChI=1S/C28H38ClN3O9/c1-19(33)22(39-5)9-7-6-8-14-40-23(15-24-30-41-27(37)31(24)16-25(34)35)26(36)32(17-28(2,3)18-38-4)21-12-10-20(29)11-13-21/h6-7,9-13,19,23,33H,8,14-18H2,1-5H3,(H,34,35)/b7-6-,22-9+/t19?,23-/m1/s1. The fraction of sp³-hybridized carbons (Fsp3) is 0.500. The summed E-state index contributed by atoms with van der Waals surface area (Å²) in [6.07, 6.45) is 3.35. The lowest BCUT2D eigenvalue weighted by Crippen LogP contribution is -2.47. The number of carboxylic acid groups (broad SMARTS) is 1. The Kier molecular flexibility index (Phi) is 13.3. The van der Waals surface area contributed by atoms with Gasteiger partial charge in [0.2, 0.25) is 0 Å². The molecule has 226 valence electrons. The van der Waals surface area contributed by atoms with Gasteiger partial charge in [-0.15, -0.1) is 0 Å². The lowest BCUT2D eigenvalue weighted by atomic mass is 9.93. The van der Waals surface area contributed by atoms with E-state index in [0.717, 1.165) is 4.57 Å². The Hall–Kier alpha value is -3.45. The normalized spacial score (nSPS) is 13.8. The number of allylic oxidation sites excluding steroid dienone is 2. The van der Waals surface area contributed by atoms with E-state index >= 15 is 0 Å². The zero-order valence-corrected chi connectivity index (χ0v) is 24.7. The third-order valence-electron chi connectivity index (χ3n) is 5.87. The Morgan fingerprint density at radius 1 is 1.24 bits per heavy atom. The Balaban J connectivity index is 2.38. The van der Waals surface area contributed by atoms with Crippen molar-refractivity contribution in [2.75, 3.05) is 38.9 Å². The van der Waals surface area contributed by atoms with Gasteiger partial charge in [-0.2, -0.15) is 0 Å². The van der Waals surface area contributed by atoms with Gasteiger partial charge in [0.15, 0.2) is 5.82 Å². The maximum Gasteiger partial charge on any atom is 0.442 e. The first kappa shape index (κ1) is 33.8. The van der Waals surface area contributed by atoms with Gasteiger partial charge < -0.3 is 29.3 Å². The first-order valence-electron chi connectivity index (χ1n) is 12.9. The predicted octanol–water partition coefficient (Wildman–Crippen LogP) is 3.07. The number of benzene rings is 1. The fourth-order valence-electron chi connectivity index (χ4n) is 3.99. The number of aliphatic hydroxyl groups is 1. The van der Waals surface area contributed by atoms with Crippen LogP contribution < -0.4 is 10.7 Å². The number of carboxylic acids is 1. The minimum Gasteiger partial charge on any atom is -0.498 e. The molecule has 2 N–H and O–H groups in total. The Bertz CT molecular complexity index is 1250. The van der Waals surface area contributed by atoms with Gasteiger partial charge in [-0.05, 0) is 43.7 Å². The first-order valence-corrected chi connectivity index (χ1v) is 13.3. The van der Waals surface area contributed by atoms with Crippen LogP contribution in [0.5, 0.6) is 0 Å². The van der Waals surface area contributed by atoms with Crippen LogP contribution in [0.2, 0.25) is 5.02 Å². The van der Waals surface area contributed by atoms with Crippen LogP contribution in [0.25, 0.3) is 0 Å². The number of anilines is 1. The highest BCUT2D eigenvalue weighted by atomic mass is 35.5. The van der Waals surface area contributed by atoms with E-state index in [1.807, 2.05) is 13.8 Å². The van der Waals surface area contributed by atoms with Crippen molar-refractivity contribution in [3.8, 4) is 0 Å². The minimum absolute atomic E-state index is 0.0388. The summed E-state index contributed by atoms with van der Waals surface area (Å²) in [5, 5.41) is 23.1. The van der Waals surface area contributed by atoms with Gasteiger partial charge in [0.1, 0.15) is 24.5 Å². The number of aromatic nitrogens is 2. The summed E-state index contributed by atoms with van der Waals surface area (Å²) in [7, 11) is 3.04. The summed E-state index contributed by atoms with van der Waals surface area (Å²) in [6.45, 7) is 5.53. The number of halogens is 1. The second-order valence-corrected chi connectivity index (χ2v) is 10.5. The molecule has 2 rings (SSSR count). The number of methoxy groups -OCH3 is 2. The van der Waals surface area contributed by atoms with E-state index in [1.54, 1.807) is 61.4 Å². The monoisotopic (exact) mass is 595 g/mol. The molecule has 12 nitrogen and oxygen atoms in total. The van der Waals surface area contributed by atoms with E-state index in [9.17, 15) is 24.6 Å². The maximum absolute atomic E-state index is 14.1. The number of carbonyl (C=O) groups is 2. The molecule has 0 aliphatic heterocycles. The number of amides is 1. The van der Waals surface area contributed by atoms with Crippen LogP contribution in [-0.2, 0) is 36.8 Å². The summed E-state index contributed by atoms with van der Waals surface area (Å²) in [5.74, 6) is -2.31. The molecule has 0 aliphatic rings. The van der Waals surface area contributed by atoms with Crippen molar-refractivity contribution >= 4 is 29.2 Å². The minimum atomic E-state index is -1.27. The number of rotatable bonds is 17. The van der Waals surface area contributed by atoms with E-state index in [2.05, 4.69) is 5.16 Å². The van der Waals surface area contributed by atoms with Gasteiger partial charge in [-0.25, -0.2) is 9.36 Å². The highest BCUT2D eigenvalue weighted by molar-refractivity contribution is 6.30. The van der Waals surface area contributed by atoms with Crippen LogP contribution in [0, 0.1) is 5.41 Å². The number of hydrogen-bond donors (Lipinski definition) is 2. The van der Waals surface area contributed by atoms with Gasteiger partial charge in [-0.3, -0.25) is 14.1 Å². The van der Waals surface area contributed by atoms with Crippen molar-refractivity contribution in [1.82, 2.24) is 9.72 Å². The number of carbonyl (C=O) groups excluding carboxylic acids is 1. The zero-order chi connectivity index (χ0) is 30.6. The predicted molar refractivity (Wildman–Crippen MR) is 152 cm³/mol. The number of ether oxygens (including phenoxy) is 3. The molecule has 0 bridgehead atoms. The summed E-state index contributed by atoms with van der Waals surface area (Å²) >= 11 is 6.09. The molecule has 0 saturated carbocycles. The second-order valence-electron chi connectivity index (χ2n) is 10.1. The number of aliphatic carboxylic acids is 1. The molecule has 0 aliphatic carbocycles. The first-order chi connectivity index (χ1) is 19.4. The molecule has 0 fully saturated rings. The van der Waals surface area contributed by atoms with E-state index in [0.29, 0.717) is 29.5 Å². The molecule has 1 heterocycles. The van der Waals surface area contributed by atoms with Crippen molar-refractivity contribution in [3.63, 3.8) is 0 Å². The van der Waals surface area contributed by atoms with Gasteiger partial charge >= 0.3 is 11.7 Å². The van der Waals surface area contributed by atoms with Gasteiger partial charge in [0.25, 0.3) is 5.91 Å². The summed E-state index contributed by atoms with van der Waals surface area (Å²) in [5.41, 5.74) is 0.113. The molecule has 0 spiro atoms. The van der Waals surface area contributed by atoms with Gasteiger partial charge in [-0.1, -0.05) is 42.8 Å². The molecule has 13 heteroatoms. The van der Waals surface area contributed by atoms with E-state index in [1.165, 1.54) is 7.11 Å². The Morgan fingerprint density at radius 2 is 1.93 bits per heavy atom. The van der Waals surface area contributed by atoms with Gasteiger partial charge in [0, 0.05) is 36.2 Å². The SMILES string of the molecule is COCC(C)(C)CN(C(=O)[C@@H](Cc1noc(=O)n1CC(=O)O)OCC/C=C\C=C(\OC)C(C)O)c1ccc(Cl)cc1. The number of hydrogen-bond acceptors (Lipinski definition) is 9. The molecule has 0 radical (unpaired) electrons. The second kappa shape index (κ2) is 16.1. The summed E-state index contributed by atoms with van der Waals surface area (Å²) in [6, 6.07) is 6.75. The Labute approximate surface area is 243 Å². The van der Waals surface area contributed by atoms with Crippen molar-refractivity contribution < 1.29 is 38.5 Å². The molecule has 1 unspecified atom stereocenters. The fourth-order valence-corrected chi connectivity index (χ4v) is 4.11. The van der Waals surface area contributed by atoms with E-state index in [-0.39, 0.29) is 25.4 Å². The molecule has 41 heavy (non-hydrogen) atoms. The molecule has 2 atom stereocenters. The van der Waals surface area contributed by atoms with Crippen LogP contribution in [0.1, 0.15) is 33.0 Å². The molecule has 2 aromatic rings. The maximum atomic E-state index is 14.1. The molecule has 1 aromatic carbocycles. The zero-order valence-electron chi connectivity index (χ0n) is 23.9. The topological polar surface area (TPSA) is 154 Å². The lowest BCUT2D eigenvalue weighted by Gasteiger charge is -2.34. The summed E-state index contributed by atoms with van der Waals surface area (Å²) < 4.78 is 22.0. The van der Waals surface area contributed by atoms with E-state index < -0.39 is 41.8 Å². The third-order valence-corrected chi connectivity index (χ3v) is 6.12. The molecule has 1 amide bonds. The van der Waals surface area contributed by atoms with Crippen LogP contribution in [-0.4, -0.2) is 78.0 Å². The molecular weight excluding hydrogens is 558 g/mol. The van der Waals surface area contributed by atoms with Gasteiger partial charge in [0.05, 0.1) is 20.3 Å². The average Bonchev–Trinajstić information content (AvgIpc) is 3.24. The van der Waals surface area contributed by atoms with E-state index in [4.69, 9.17) is 30.3 Å². The van der Waals surface area contributed by atoms with Crippen molar-refractivity contribution in [2.24, 2.45) is 5.41 Å². The van der Waals surface area contributed by atoms with Crippen LogP contribution in [0.3, 0.4) is 0 Å². The molecule has 0 saturated heterocycles. The van der Waals surface area contributed by atoms with Crippen molar-refractivity contribution in [3.05, 3.63) is 69.7 Å². The van der Waals surface area contributed by atoms with Crippen molar-refractivity contribution in [1.29, 1.82) is 0 Å². The van der Waals surface area contributed by atoms with Crippen LogP contribution in [0.4, 0.5) is 5.69 Å². The summed E-state index contributed by atoms with van der Waals surface area (Å²) in [4.78, 5) is 39.0. The average molecular weight is 596 g/mol. The highest BCUT2D eigenvalue weighted by Crippen LogP contribution is 2.26. The Morgan fingerprint density at radius 3 is 2.51 bits per heavy atom.